The van der Waals surface area contributed by atoms with Gasteiger partial charge >= 0.3 is 0 Å². The number of rotatable bonds is 4. The number of hydrogen-bond donors (Lipinski definition) is 1. The molecule has 0 heterocycles. The van der Waals surface area contributed by atoms with Crippen molar-refractivity contribution in [3.05, 3.63) is 53.1 Å². The van der Waals surface area contributed by atoms with Crippen LogP contribution in [0.25, 0.3) is 0 Å². The van der Waals surface area contributed by atoms with E-state index in [4.69, 9.17) is 15.2 Å². The van der Waals surface area contributed by atoms with E-state index in [0.717, 1.165) is 33.9 Å². The van der Waals surface area contributed by atoms with Gasteiger partial charge in [-0.1, -0.05) is 12.1 Å². The maximum atomic E-state index is 5.89. The van der Waals surface area contributed by atoms with Gasteiger partial charge in [-0.15, -0.1) is 0 Å². The molecule has 0 aliphatic heterocycles. The van der Waals surface area contributed by atoms with E-state index >= 15 is 0 Å². The first kappa shape index (κ1) is 13.3. The first-order valence-electron chi connectivity index (χ1n) is 6.22. The summed E-state index contributed by atoms with van der Waals surface area (Å²) in [5, 5.41) is 0. The largest absolute Gasteiger partial charge is 0.497 e. The van der Waals surface area contributed by atoms with Gasteiger partial charge in [0.05, 0.1) is 7.11 Å². The topological polar surface area (TPSA) is 44.5 Å². The van der Waals surface area contributed by atoms with Crippen LogP contribution in [-0.4, -0.2) is 7.11 Å². The number of ether oxygens (including phenoxy) is 2. The first-order valence-corrected chi connectivity index (χ1v) is 6.22. The summed E-state index contributed by atoms with van der Waals surface area (Å²) >= 11 is 0. The smallest absolute Gasteiger partial charge is 0.125 e. The lowest BCUT2D eigenvalue weighted by atomic mass is 10.1. The van der Waals surface area contributed by atoms with Crippen LogP contribution in [0.2, 0.25) is 0 Å². The van der Waals surface area contributed by atoms with Crippen molar-refractivity contribution in [2.75, 3.05) is 12.8 Å². The molecule has 19 heavy (non-hydrogen) atoms. The van der Waals surface area contributed by atoms with Crippen LogP contribution >= 0.6 is 0 Å². The Bertz CT molecular complexity index is 538. The number of benzene rings is 2. The van der Waals surface area contributed by atoms with Crippen LogP contribution in [0.15, 0.2) is 36.4 Å². The van der Waals surface area contributed by atoms with Crippen molar-refractivity contribution >= 4 is 5.69 Å². The maximum Gasteiger partial charge on any atom is 0.125 e. The molecule has 0 saturated heterocycles. The van der Waals surface area contributed by atoms with Crippen LogP contribution in [0, 0.1) is 13.8 Å². The average molecular weight is 257 g/mol. The Morgan fingerprint density at radius 3 is 2.11 bits per heavy atom. The number of aryl methyl sites for hydroxylation is 2. The van der Waals surface area contributed by atoms with Gasteiger partial charge in [0.25, 0.3) is 0 Å². The highest BCUT2D eigenvalue weighted by Gasteiger charge is 2.05. The second-order valence-corrected chi connectivity index (χ2v) is 4.62. The highest BCUT2D eigenvalue weighted by molar-refractivity contribution is 5.52. The van der Waals surface area contributed by atoms with Crippen LogP contribution in [-0.2, 0) is 6.61 Å². The van der Waals surface area contributed by atoms with E-state index < -0.39 is 0 Å². The van der Waals surface area contributed by atoms with Gasteiger partial charge in [0.1, 0.15) is 18.1 Å². The van der Waals surface area contributed by atoms with E-state index in [9.17, 15) is 0 Å². The summed E-state index contributed by atoms with van der Waals surface area (Å²) in [6.45, 7) is 4.55. The predicted octanol–water partition coefficient (Wildman–Crippen LogP) is 3.47. The van der Waals surface area contributed by atoms with E-state index in [1.54, 1.807) is 7.11 Å². The molecule has 0 amide bonds. The molecule has 0 aromatic heterocycles. The fraction of sp³-hybridized carbons (Fsp3) is 0.250. The molecule has 2 rings (SSSR count). The van der Waals surface area contributed by atoms with Crippen LogP contribution < -0.4 is 15.2 Å². The van der Waals surface area contributed by atoms with Crippen molar-refractivity contribution in [2.45, 2.75) is 20.5 Å². The molecule has 3 nitrogen and oxygen atoms in total. The SMILES string of the molecule is COc1ccc(COc2c(C)cc(N)cc2C)cc1. The van der Waals surface area contributed by atoms with Gasteiger partial charge in [0.15, 0.2) is 0 Å². The molecule has 0 aliphatic carbocycles. The molecule has 0 aliphatic rings. The second kappa shape index (κ2) is 5.65. The minimum atomic E-state index is 0.537. The van der Waals surface area contributed by atoms with Gasteiger partial charge in [-0.2, -0.15) is 0 Å². The molecule has 2 aromatic rings. The average Bonchev–Trinajstić information content (AvgIpc) is 2.38. The highest BCUT2D eigenvalue weighted by atomic mass is 16.5. The number of anilines is 1. The zero-order valence-electron chi connectivity index (χ0n) is 11.6. The third-order valence-corrected chi connectivity index (χ3v) is 3.02. The lowest BCUT2D eigenvalue weighted by Gasteiger charge is -2.13. The van der Waals surface area contributed by atoms with Crippen molar-refractivity contribution in [2.24, 2.45) is 0 Å². The van der Waals surface area contributed by atoms with E-state index in [0.29, 0.717) is 6.61 Å². The fourth-order valence-corrected chi connectivity index (χ4v) is 2.09. The summed E-state index contributed by atoms with van der Waals surface area (Å²) in [4.78, 5) is 0. The number of nitrogen functional groups attached to an aromatic ring is 1. The Morgan fingerprint density at radius 1 is 1.00 bits per heavy atom. The quantitative estimate of drug-likeness (QED) is 0.853. The zero-order chi connectivity index (χ0) is 13.8. The molecule has 0 atom stereocenters. The van der Waals surface area contributed by atoms with Gasteiger partial charge < -0.3 is 15.2 Å². The molecule has 3 heteroatoms. The van der Waals surface area contributed by atoms with Gasteiger partial charge in [-0.3, -0.25) is 0 Å². The lowest BCUT2D eigenvalue weighted by Crippen LogP contribution is -2.00. The molecule has 0 unspecified atom stereocenters. The molecule has 0 radical (unpaired) electrons. The molecular weight excluding hydrogens is 238 g/mol. The van der Waals surface area contributed by atoms with Crippen molar-refractivity contribution in [1.29, 1.82) is 0 Å². The summed E-state index contributed by atoms with van der Waals surface area (Å²) in [6, 6.07) is 11.7. The molecule has 100 valence electrons. The van der Waals surface area contributed by atoms with Crippen LogP contribution in [0.4, 0.5) is 5.69 Å². The standard InChI is InChI=1S/C16H19NO2/c1-11-8-14(17)9-12(2)16(11)19-10-13-4-6-15(18-3)7-5-13/h4-9H,10,17H2,1-3H3. The molecule has 2 N–H and O–H groups in total. The van der Waals surface area contributed by atoms with Crippen LogP contribution in [0.1, 0.15) is 16.7 Å². The van der Waals surface area contributed by atoms with Crippen molar-refractivity contribution < 1.29 is 9.47 Å². The number of methoxy groups -OCH3 is 1. The molecule has 0 spiro atoms. The summed E-state index contributed by atoms with van der Waals surface area (Å²) in [5.74, 6) is 1.76. The summed E-state index contributed by atoms with van der Waals surface area (Å²) < 4.78 is 11.0. The maximum absolute atomic E-state index is 5.89. The predicted molar refractivity (Wildman–Crippen MR) is 77.7 cm³/mol. The van der Waals surface area contributed by atoms with Gasteiger partial charge in [-0.25, -0.2) is 0 Å². The van der Waals surface area contributed by atoms with E-state index in [-0.39, 0.29) is 0 Å². The minimum Gasteiger partial charge on any atom is -0.497 e. The lowest BCUT2D eigenvalue weighted by molar-refractivity contribution is 0.302. The molecular formula is C16H19NO2. The highest BCUT2D eigenvalue weighted by Crippen LogP contribution is 2.26. The Hall–Kier alpha value is -2.16. The number of nitrogens with two attached hydrogens (primary N) is 1. The summed E-state index contributed by atoms with van der Waals surface area (Å²) in [7, 11) is 1.66. The zero-order valence-corrected chi connectivity index (χ0v) is 11.6. The summed E-state index contributed by atoms with van der Waals surface area (Å²) in [6.07, 6.45) is 0. The second-order valence-electron chi connectivity index (χ2n) is 4.62. The first-order chi connectivity index (χ1) is 9.10. The minimum absolute atomic E-state index is 0.537. The van der Waals surface area contributed by atoms with Crippen LogP contribution in [0.3, 0.4) is 0 Å². The van der Waals surface area contributed by atoms with Gasteiger partial charge in [-0.05, 0) is 54.8 Å². The van der Waals surface area contributed by atoms with Crippen molar-refractivity contribution in [3.8, 4) is 11.5 Å². The van der Waals surface area contributed by atoms with Gasteiger partial charge in [0.2, 0.25) is 0 Å². The normalized spacial score (nSPS) is 10.3. The Balaban J connectivity index is 2.10. The van der Waals surface area contributed by atoms with E-state index in [1.165, 1.54) is 0 Å². The Morgan fingerprint density at radius 2 is 1.58 bits per heavy atom. The van der Waals surface area contributed by atoms with Crippen molar-refractivity contribution in [3.63, 3.8) is 0 Å². The molecule has 0 fully saturated rings. The third-order valence-electron chi connectivity index (χ3n) is 3.02. The monoisotopic (exact) mass is 257 g/mol. The molecule has 0 saturated carbocycles. The molecule has 2 aromatic carbocycles. The molecule has 0 bridgehead atoms. The Labute approximate surface area is 114 Å². The van der Waals surface area contributed by atoms with Crippen LogP contribution in [0.5, 0.6) is 11.5 Å². The van der Waals surface area contributed by atoms with Crippen molar-refractivity contribution in [1.82, 2.24) is 0 Å². The Kier molecular flexibility index (Phi) is 3.95. The third kappa shape index (κ3) is 3.19. The van der Waals surface area contributed by atoms with E-state index in [2.05, 4.69) is 0 Å². The summed E-state index contributed by atoms with van der Waals surface area (Å²) in [5.41, 5.74) is 9.80. The van der Waals surface area contributed by atoms with E-state index in [1.807, 2.05) is 50.2 Å². The fourth-order valence-electron chi connectivity index (χ4n) is 2.09. The number of hydrogen-bond acceptors (Lipinski definition) is 3. The van der Waals surface area contributed by atoms with Gasteiger partial charge in [0, 0.05) is 5.69 Å².